The highest BCUT2D eigenvalue weighted by molar-refractivity contribution is 7.93. The number of rotatable bonds is 5. The second kappa shape index (κ2) is 6.92. The number of aryl methyl sites for hydroxylation is 2. The van der Waals surface area contributed by atoms with Gasteiger partial charge in [-0.1, -0.05) is 18.2 Å². The van der Waals surface area contributed by atoms with Gasteiger partial charge in [0.05, 0.1) is 16.3 Å². The lowest BCUT2D eigenvalue weighted by Crippen LogP contribution is -2.36. The zero-order valence-corrected chi connectivity index (χ0v) is 16.4. The first kappa shape index (κ1) is 18.7. The van der Waals surface area contributed by atoms with E-state index in [0.717, 1.165) is 5.56 Å². The van der Waals surface area contributed by atoms with Gasteiger partial charge >= 0.3 is 0 Å². The summed E-state index contributed by atoms with van der Waals surface area (Å²) in [5.41, 5.74) is 2.57. The van der Waals surface area contributed by atoms with Gasteiger partial charge in [-0.25, -0.2) is 16.8 Å². The van der Waals surface area contributed by atoms with Gasteiger partial charge in [0.25, 0.3) is 10.0 Å². The van der Waals surface area contributed by atoms with E-state index >= 15 is 0 Å². The fraction of sp³-hybridized carbons (Fsp3) is 0.333. The molecule has 0 saturated heterocycles. The van der Waals surface area contributed by atoms with Crippen molar-refractivity contribution in [3.05, 3.63) is 53.6 Å². The standard InChI is InChI=1S/C18H22N2O4S2/c1-3-25(21,22)20-12-6-8-15-13-16(10-11-17(15)20)19-26(23,24)18-9-5-4-7-14(18)2/h4-5,7,9-11,13,19H,3,6,8,12H2,1-2H3. The molecule has 1 N–H and O–H groups in total. The highest BCUT2D eigenvalue weighted by atomic mass is 32.2. The third kappa shape index (κ3) is 3.57. The molecule has 0 spiro atoms. The van der Waals surface area contributed by atoms with Crippen LogP contribution in [0.3, 0.4) is 0 Å². The van der Waals surface area contributed by atoms with Gasteiger partial charge in [0.1, 0.15) is 0 Å². The Morgan fingerprint density at radius 2 is 1.81 bits per heavy atom. The summed E-state index contributed by atoms with van der Waals surface area (Å²) in [5.74, 6) is 0.0358. The van der Waals surface area contributed by atoms with Gasteiger partial charge in [-0.3, -0.25) is 9.03 Å². The first-order chi connectivity index (χ1) is 12.2. The van der Waals surface area contributed by atoms with E-state index < -0.39 is 20.0 Å². The summed E-state index contributed by atoms with van der Waals surface area (Å²) in [4.78, 5) is 0.230. The molecule has 0 saturated carbocycles. The van der Waals surface area contributed by atoms with Crippen LogP contribution in [0.1, 0.15) is 24.5 Å². The Balaban J connectivity index is 1.94. The minimum absolute atomic E-state index is 0.0358. The van der Waals surface area contributed by atoms with Gasteiger partial charge in [-0.05, 0) is 62.1 Å². The molecule has 0 unspecified atom stereocenters. The van der Waals surface area contributed by atoms with Gasteiger partial charge in [0, 0.05) is 12.2 Å². The van der Waals surface area contributed by atoms with Crippen LogP contribution >= 0.6 is 0 Å². The highest BCUT2D eigenvalue weighted by Gasteiger charge is 2.26. The maximum absolute atomic E-state index is 12.6. The Morgan fingerprint density at radius 1 is 1.08 bits per heavy atom. The van der Waals surface area contributed by atoms with Crippen molar-refractivity contribution < 1.29 is 16.8 Å². The zero-order valence-electron chi connectivity index (χ0n) is 14.8. The zero-order chi connectivity index (χ0) is 18.9. The minimum atomic E-state index is -3.70. The molecule has 1 heterocycles. The predicted molar refractivity (Wildman–Crippen MR) is 104 cm³/mol. The lowest BCUT2D eigenvalue weighted by Gasteiger charge is -2.30. The van der Waals surface area contributed by atoms with Gasteiger partial charge in [0.2, 0.25) is 10.0 Å². The molecule has 0 bridgehead atoms. The average Bonchev–Trinajstić information content (AvgIpc) is 2.60. The van der Waals surface area contributed by atoms with Crippen molar-refractivity contribution in [2.24, 2.45) is 0 Å². The largest absolute Gasteiger partial charge is 0.280 e. The molecule has 8 heteroatoms. The number of sulfonamides is 2. The van der Waals surface area contributed by atoms with Crippen molar-refractivity contribution in [3.63, 3.8) is 0 Å². The molecule has 140 valence electrons. The summed E-state index contributed by atoms with van der Waals surface area (Å²) in [6, 6.07) is 11.8. The molecule has 2 aromatic carbocycles. The molecule has 1 aliphatic heterocycles. The normalized spacial score (nSPS) is 14.8. The van der Waals surface area contributed by atoms with E-state index in [-0.39, 0.29) is 10.6 Å². The van der Waals surface area contributed by atoms with Crippen LogP contribution in [0.25, 0.3) is 0 Å². The lowest BCUT2D eigenvalue weighted by atomic mass is 10.0. The first-order valence-corrected chi connectivity index (χ1v) is 11.6. The van der Waals surface area contributed by atoms with Crippen molar-refractivity contribution in [1.82, 2.24) is 0 Å². The molecule has 0 radical (unpaired) electrons. The molecular weight excluding hydrogens is 372 g/mol. The number of fused-ring (bicyclic) bond motifs is 1. The smallest absolute Gasteiger partial charge is 0.262 e. The van der Waals surface area contributed by atoms with Crippen LogP contribution in [0.5, 0.6) is 0 Å². The van der Waals surface area contributed by atoms with E-state index in [1.54, 1.807) is 56.3 Å². The highest BCUT2D eigenvalue weighted by Crippen LogP contribution is 2.32. The van der Waals surface area contributed by atoms with E-state index in [2.05, 4.69) is 4.72 Å². The molecule has 6 nitrogen and oxygen atoms in total. The Hall–Kier alpha value is -2.06. The molecule has 3 rings (SSSR count). The van der Waals surface area contributed by atoms with Crippen LogP contribution in [0.15, 0.2) is 47.4 Å². The van der Waals surface area contributed by atoms with Crippen molar-refractivity contribution in [2.45, 2.75) is 31.6 Å². The monoisotopic (exact) mass is 394 g/mol. The minimum Gasteiger partial charge on any atom is -0.280 e. The van der Waals surface area contributed by atoms with Crippen molar-refractivity contribution >= 4 is 31.4 Å². The van der Waals surface area contributed by atoms with E-state index in [0.29, 0.717) is 36.3 Å². The predicted octanol–water partition coefficient (Wildman–Crippen LogP) is 2.90. The molecule has 0 aliphatic carbocycles. The Morgan fingerprint density at radius 3 is 2.50 bits per heavy atom. The van der Waals surface area contributed by atoms with Gasteiger partial charge in [-0.15, -0.1) is 0 Å². The molecule has 0 aromatic heterocycles. The number of hydrogen-bond acceptors (Lipinski definition) is 4. The van der Waals surface area contributed by atoms with Gasteiger partial charge in [-0.2, -0.15) is 0 Å². The second-order valence-corrected chi connectivity index (χ2v) is 10.1. The first-order valence-electron chi connectivity index (χ1n) is 8.46. The Kier molecular flexibility index (Phi) is 4.98. The maximum atomic E-state index is 12.6. The topological polar surface area (TPSA) is 83.6 Å². The Bertz CT molecular complexity index is 1030. The van der Waals surface area contributed by atoms with E-state index in [1.165, 1.54) is 4.31 Å². The SMILES string of the molecule is CCS(=O)(=O)N1CCCc2cc(NS(=O)(=O)c3ccccc3C)ccc21. The molecule has 26 heavy (non-hydrogen) atoms. The number of hydrogen-bond donors (Lipinski definition) is 1. The summed E-state index contributed by atoms with van der Waals surface area (Å²) in [6.07, 6.45) is 1.42. The van der Waals surface area contributed by atoms with Crippen LogP contribution in [0, 0.1) is 6.92 Å². The molecular formula is C18H22N2O4S2. The fourth-order valence-electron chi connectivity index (χ4n) is 3.14. The molecule has 2 aromatic rings. The number of benzene rings is 2. The quantitative estimate of drug-likeness (QED) is 0.845. The molecule has 0 fully saturated rings. The number of nitrogens with one attached hydrogen (secondary N) is 1. The summed E-state index contributed by atoms with van der Waals surface area (Å²) >= 11 is 0. The van der Waals surface area contributed by atoms with E-state index in [9.17, 15) is 16.8 Å². The second-order valence-electron chi connectivity index (χ2n) is 6.29. The van der Waals surface area contributed by atoms with Gasteiger partial charge < -0.3 is 0 Å². The summed E-state index contributed by atoms with van der Waals surface area (Å²) in [7, 11) is -7.04. The molecule has 0 amide bonds. The Labute approximate surface area is 155 Å². The summed E-state index contributed by atoms with van der Waals surface area (Å²) < 4.78 is 53.8. The van der Waals surface area contributed by atoms with Crippen molar-refractivity contribution in [2.75, 3.05) is 21.3 Å². The molecule has 1 aliphatic rings. The third-order valence-corrected chi connectivity index (χ3v) is 7.81. The fourth-order valence-corrected chi connectivity index (χ4v) is 5.63. The molecule has 0 atom stereocenters. The van der Waals surface area contributed by atoms with Crippen molar-refractivity contribution in [1.29, 1.82) is 0 Å². The third-order valence-electron chi connectivity index (χ3n) is 4.49. The van der Waals surface area contributed by atoms with Crippen LogP contribution < -0.4 is 9.03 Å². The summed E-state index contributed by atoms with van der Waals surface area (Å²) in [5, 5.41) is 0. The number of nitrogens with zero attached hydrogens (tertiary/aromatic N) is 1. The average molecular weight is 395 g/mol. The van der Waals surface area contributed by atoms with Crippen LogP contribution in [-0.2, 0) is 26.5 Å². The van der Waals surface area contributed by atoms with Crippen LogP contribution in [-0.4, -0.2) is 29.1 Å². The number of anilines is 2. The van der Waals surface area contributed by atoms with Crippen molar-refractivity contribution in [3.8, 4) is 0 Å². The maximum Gasteiger partial charge on any atom is 0.262 e. The van der Waals surface area contributed by atoms with Gasteiger partial charge in [0.15, 0.2) is 0 Å². The summed E-state index contributed by atoms with van der Waals surface area (Å²) in [6.45, 7) is 3.82. The van der Waals surface area contributed by atoms with E-state index in [1.807, 2.05) is 0 Å². The van der Waals surface area contributed by atoms with Crippen LogP contribution in [0.2, 0.25) is 0 Å². The van der Waals surface area contributed by atoms with Crippen LogP contribution in [0.4, 0.5) is 11.4 Å². The lowest BCUT2D eigenvalue weighted by molar-refractivity contribution is 0.587. The van der Waals surface area contributed by atoms with E-state index in [4.69, 9.17) is 0 Å².